The maximum absolute atomic E-state index is 12.1. The van der Waals surface area contributed by atoms with Gasteiger partial charge in [0.15, 0.2) is 0 Å². The van der Waals surface area contributed by atoms with E-state index in [1.54, 1.807) is 18.2 Å². The molecule has 0 aliphatic carbocycles. The number of imide groups is 1. The first kappa shape index (κ1) is 16.2. The second-order valence-corrected chi connectivity index (χ2v) is 5.72. The van der Waals surface area contributed by atoms with Gasteiger partial charge >= 0.3 is 6.18 Å². The van der Waals surface area contributed by atoms with Crippen molar-refractivity contribution in [1.29, 1.82) is 0 Å². The lowest BCUT2D eigenvalue weighted by Crippen LogP contribution is -2.31. The molecular formula is C13H11F3INO3. The fraction of sp³-hybridized carbons (Fsp3) is 0.385. The van der Waals surface area contributed by atoms with Gasteiger partial charge in [0.2, 0.25) is 0 Å². The van der Waals surface area contributed by atoms with E-state index in [4.69, 9.17) is 0 Å². The lowest BCUT2D eigenvalue weighted by molar-refractivity contribution is -0.174. The van der Waals surface area contributed by atoms with Crippen LogP contribution in [0.1, 0.15) is 27.1 Å². The van der Waals surface area contributed by atoms with E-state index in [2.05, 4.69) is 4.74 Å². The van der Waals surface area contributed by atoms with Crippen molar-refractivity contribution >= 4 is 34.4 Å². The summed E-state index contributed by atoms with van der Waals surface area (Å²) in [5, 5.41) is 0. The molecule has 0 bridgehead atoms. The number of carbonyl (C=O) groups excluding carboxylic acids is 2. The van der Waals surface area contributed by atoms with Gasteiger partial charge in [0.1, 0.15) is 6.61 Å². The van der Waals surface area contributed by atoms with E-state index in [-0.39, 0.29) is 19.6 Å². The number of carbonyl (C=O) groups is 2. The van der Waals surface area contributed by atoms with Crippen LogP contribution in [0, 0.1) is 3.57 Å². The van der Waals surface area contributed by atoms with Crippen molar-refractivity contribution in [3.05, 3.63) is 32.9 Å². The zero-order valence-corrected chi connectivity index (χ0v) is 12.9. The molecule has 1 aromatic carbocycles. The number of fused-ring (bicyclic) bond motifs is 1. The summed E-state index contributed by atoms with van der Waals surface area (Å²) in [6.07, 6.45) is -4.20. The Balaban J connectivity index is 1.89. The number of nitrogens with zero attached hydrogens (tertiary/aromatic N) is 1. The van der Waals surface area contributed by atoms with Crippen LogP contribution in [0.3, 0.4) is 0 Å². The number of amides is 2. The van der Waals surface area contributed by atoms with Gasteiger partial charge in [-0.15, -0.1) is 0 Å². The summed E-state index contributed by atoms with van der Waals surface area (Å²) in [5.41, 5.74) is 0.666. The summed E-state index contributed by atoms with van der Waals surface area (Å²) in [6, 6.07) is 4.92. The predicted molar refractivity (Wildman–Crippen MR) is 76.0 cm³/mol. The van der Waals surface area contributed by atoms with Gasteiger partial charge in [-0.1, -0.05) is 0 Å². The Hall–Kier alpha value is -1.16. The van der Waals surface area contributed by atoms with Crippen LogP contribution < -0.4 is 0 Å². The second-order valence-electron chi connectivity index (χ2n) is 4.47. The van der Waals surface area contributed by atoms with Crippen LogP contribution in [0.2, 0.25) is 0 Å². The summed E-state index contributed by atoms with van der Waals surface area (Å²) >= 11 is 2.04. The molecule has 0 saturated heterocycles. The highest BCUT2D eigenvalue weighted by atomic mass is 127. The average molecular weight is 413 g/mol. The van der Waals surface area contributed by atoms with Gasteiger partial charge in [0, 0.05) is 16.7 Å². The van der Waals surface area contributed by atoms with E-state index < -0.39 is 24.6 Å². The molecule has 4 nitrogen and oxygen atoms in total. The molecule has 114 valence electrons. The summed E-state index contributed by atoms with van der Waals surface area (Å²) in [4.78, 5) is 25.1. The Morgan fingerprint density at radius 1 is 1.14 bits per heavy atom. The van der Waals surface area contributed by atoms with Gasteiger partial charge in [-0.3, -0.25) is 14.5 Å². The highest BCUT2D eigenvalue weighted by Crippen LogP contribution is 2.24. The van der Waals surface area contributed by atoms with Crippen LogP contribution in [-0.2, 0) is 4.74 Å². The van der Waals surface area contributed by atoms with Gasteiger partial charge in [0.05, 0.1) is 11.1 Å². The van der Waals surface area contributed by atoms with Crippen molar-refractivity contribution in [2.24, 2.45) is 0 Å². The van der Waals surface area contributed by atoms with Crippen LogP contribution in [0.15, 0.2) is 18.2 Å². The number of hydrogen-bond acceptors (Lipinski definition) is 3. The van der Waals surface area contributed by atoms with E-state index in [9.17, 15) is 22.8 Å². The minimum Gasteiger partial charge on any atom is -0.372 e. The fourth-order valence-electron chi connectivity index (χ4n) is 1.98. The maximum Gasteiger partial charge on any atom is 0.411 e. The Labute approximate surface area is 132 Å². The minimum absolute atomic E-state index is 0.0424. The van der Waals surface area contributed by atoms with Crippen LogP contribution >= 0.6 is 22.6 Å². The quantitative estimate of drug-likeness (QED) is 0.424. The summed E-state index contributed by atoms with van der Waals surface area (Å²) in [6.45, 7) is -1.45. The van der Waals surface area contributed by atoms with Crippen molar-refractivity contribution < 1.29 is 27.5 Å². The van der Waals surface area contributed by atoms with Crippen LogP contribution in [0.5, 0.6) is 0 Å². The summed E-state index contributed by atoms with van der Waals surface area (Å²) in [5.74, 6) is -0.827. The van der Waals surface area contributed by atoms with E-state index in [0.29, 0.717) is 11.1 Å². The Morgan fingerprint density at radius 2 is 1.81 bits per heavy atom. The first-order chi connectivity index (χ1) is 9.79. The Kier molecular flexibility index (Phi) is 4.87. The molecule has 2 amide bonds. The third kappa shape index (κ3) is 3.94. The number of benzene rings is 1. The number of halogens is 4. The lowest BCUT2D eigenvalue weighted by Gasteiger charge is -2.14. The first-order valence-electron chi connectivity index (χ1n) is 6.10. The molecule has 0 saturated carbocycles. The number of rotatable bonds is 5. The number of hydrogen-bond donors (Lipinski definition) is 0. The largest absolute Gasteiger partial charge is 0.411 e. The highest BCUT2D eigenvalue weighted by Gasteiger charge is 2.35. The molecule has 1 heterocycles. The van der Waals surface area contributed by atoms with Crippen LogP contribution in [-0.4, -0.2) is 42.6 Å². The third-order valence-corrected chi connectivity index (χ3v) is 3.54. The van der Waals surface area contributed by atoms with Crippen molar-refractivity contribution in [1.82, 2.24) is 4.90 Å². The molecule has 0 N–H and O–H groups in total. The second kappa shape index (κ2) is 6.30. The summed E-state index contributed by atoms with van der Waals surface area (Å²) < 4.78 is 40.9. The average Bonchev–Trinajstić information content (AvgIpc) is 2.61. The van der Waals surface area contributed by atoms with Crippen LogP contribution in [0.25, 0.3) is 0 Å². The molecule has 1 aliphatic rings. The van der Waals surface area contributed by atoms with Crippen molar-refractivity contribution in [3.63, 3.8) is 0 Å². The molecule has 0 aromatic heterocycles. The monoisotopic (exact) mass is 413 g/mol. The summed E-state index contributed by atoms with van der Waals surface area (Å²) in [7, 11) is 0. The molecule has 1 aliphatic heterocycles. The maximum atomic E-state index is 12.1. The molecule has 0 spiro atoms. The lowest BCUT2D eigenvalue weighted by atomic mass is 10.1. The molecule has 8 heteroatoms. The van der Waals surface area contributed by atoms with E-state index in [1.165, 1.54) is 0 Å². The number of ether oxygens (including phenoxy) is 1. The standard InChI is InChI=1S/C13H11F3INO3/c14-13(15,16)7-21-5-1-4-18-11(19)9-3-2-8(17)6-10(9)12(18)20/h2-3,6H,1,4-5,7H2. The molecule has 2 rings (SSSR count). The van der Waals surface area contributed by atoms with Gasteiger partial charge < -0.3 is 4.74 Å². The number of alkyl halides is 3. The van der Waals surface area contributed by atoms with Crippen LogP contribution in [0.4, 0.5) is 13.2 Å². The van der Waals surface area contributed by atoms with Gasteiger partial charge in [-0.05, 0) is 47.2 Å². The molecular weight excluding hydrogens is 402 g/mol. The molecule has 0 unspecified atom stereocenters. The SMILES string of the molecule is O=C1c2ccc(I)cc2C(=O)N1CCCOCC(F)(F)F. The van der Waals surface area contributed by atoms with Crippen molar-refractivity contribution in [2.75, 3.05) is 19.8 Å². The normalized spacial score (nSPS) is 14.8. The Morgan fingerprint density at radius 3 is 2.48 bits per heavy atom. The first-order valence-corrected chi connectivity index (χ1v) is 7.18. The van der Waals surface area contributed by atoms with Gasteiger partial charge in [-0.25, -0.2) is 0 Å². The zero-order valence-electron chi connectivity index (χ0n) is 10.7. The van der Waals surface area contributed by atoms with Crippen molar-refractivity contribution in [3.8, 4) is 0 Å². The molecule has 0 radical (unpaired) electrons. The Bertz CT molecular complexity index is 574. The predicted octanol–water partition coefficient (Wildman–Crippen LogP) is 2.86. The van der Waals surface area contributed by atoms with Crippen molar-refractivity contribution in [2.45, 2.75) is 12.6 Å². The zero-order chi connectivity index (χ0) is 15.6. The van der Waals surface area contributed by atoms with E-state index in [1.807, 2.05) is 22.6 Å². The minimum atomic E-state index is -4.37. The smallest absolute Gasteiger partial charge is 0.372 e. The molecule has 0 fully saturated rings. The van der Waals surface area contributed by atoms with E-state index in [0.717, 1.165) is 8.47 Å². The highest BCUT2D eigenvalue weighted by molar-refractivity contribution is 14.1. The van der Waals surface area contributed by atoms with Gasteiger partial charge in [0.25, 0.3) is 11.8 Å². The van der Waals surface area contributed by atoms with Gasteiger partial charge in [-0.2, -0.15) is 13.2 Å². The molecule has 1 aromatic rings. The third-order valence-electron chi connectivity index (χ3n) is 2.87. The fourth-order valence-corrected chi connectivity index (χ4v) is 2.47. The molecule has 21 heavy (non-hydrogen) atoms. The molecule has 0 atom stereocenters. The van der Waals surface area contributed by atoms with E-state index >= 15 is 0 Å². The topological polar surface area (TPSA) is 46.6 Å².